The molecule has 3 unspecified atom stereocenters. The summed E-state index contributed by atoms with van der Waals surface area (Å²) in [6.07, 6.45) is 2.74. The van der Waals surface area contributed by atoms with Crippen molar-refractivity contribution >= 4 is 5.91 Å². The van der Waals surface area contributed by atoms with Crippen LogP contribution in [0.25, 0.3) is 0 Å². The molecular formula is C13H23N5O. The second kappa shape index (κ2) is 5.69. The lowest BCUT2D eigenvalue weighted by Gasteiger charge is -2.25. The van der Waals surface area contributed by atoms with E-state index in [2.05, 4.69) is 15.4 Å². The Morgan fingerprint density at radius 1 is 1.58 bits per heavy atom. The standard InChI is InChI=1S/C13H23N5O/c1-4-11-16-12-10(6-5-7-18(12)17-11)15-13(19)8(2)9(3)14/h8-10H,4-7,14H2,1-3H3,(H,15,19). The largest absolute Gasteiger partial charge is 0.346 e. The molecule has 1 aliphatic rings. The van der Waals surface area contributed by atoms with Gasteiger partial charge in [-0.25, -0.2) is 9.67 Å². The van der Waals surface area contributed by atoms with Crippen LogP contribution in [0, 0.1) is 5.92 Å². The van der Waals surface area contributed by atoms with Gasteiger partial charge in [0, 0.05) is 24.9 Å². The van der Waals surface area contributed by atoms with Crippen LogP contribution in [0.15, 0.2) is 0 Å². The van der Waals surface area contributed by atoms with Gasteiger partial charge in [0.15, 0.2) is 5.82 Å². The van der Waals surface area contributed by atoms with Crippen molar-refractivity contribution in [3.63, 3.8) is 0 Å². The average Bonchev–Trinajstić information content (AvgIpc) is 2.81. The predicted octanol–water partition coefficient (Wildman–Crippen LogP) is 0.775. The summed E-state index contributed by atoms with van der Waals surface area (Å²) in [6.45, 7) is 6.62. The maximum Gasteiger partial charge on any atom is 0.224 e. The van der Waals surface area contributed by atoms with Gasteiger partial charge in [-0.2, -0.15) is 5.10 Å². The molecule has 0 bridgehead atoms. The van der Waals surface area contributed by atoms with Gasteiger partial charge in [-0.1, -0.05) is 13.8 Å². The van der Waals surface area contributed by atoms with Crippen LogP contribution in [0.4, 0.5) is 0 Å². The third-order valence-electron chi connectivity index (χ3n) is 3.75. The van der Waals surface area contributed by atoms with Crippen molar-refractivity contribution in [2.45, 2.75) is 58.7 Å². The van der Waals surface area contributed by atoms with E-state index in [0.717, 1.165) is 37.5 Å². The van der Waals surface area contributed by atoms with Gasteiger partial charge in [0.25, 0.3) is 0 Å². The number of nitrogens with zero attached hydrogens (tertiary/aromatic N) is 3. The first kappa shape index (κ1) is 14.0. The second-order valence-corrected chi connectivity index (χ2v) is 5.31. The van der Waals surface area contributed by atoms with Crippen LogP contribution < -0.4 is 11.1 Å². The number of hydrogen-bond donors (Lipinski definition) is 2. The smallest absolute Gasteiger partial charge is 0.224 e. The van der Waals surface area contributed by atoms with Crippen LogP contribution >= 0.6 is 0 Å². The van der Waals surface area contributed by atoms with Crippen molar-refractivity contribution in [1.29, 1.82) is 0 Å². The third-order valence-corrected chi connectivity index (χ3v) is 3.75. The molecule has 0 spiro atoms. The highest BCUT2D eigenvalue weighted by molar-refractivity contribution is 5.79. The lowest BCUT2D eigenvalue weighted by Crippen LogP contribution is -2.41. The second-order valence-electron chi connectivity index (χ2n) is 5.31. The number of carbonyl (C=O) groups is 1. The van der Waals surface area contributed by atoms with E-state index < -0.39 is 0 Å². The number of nitrogens with one attached hydrogen (secondary N) is 1. The fourth-order valence-corrected chi connectivity index (χ4v) is 2.23. The number of fused-ring (bicyclic) bond motifs is 1. The molecule has 0 aliphatic carbocycles. The lowest BCUT2D eigenvalue weighted by atomic mass is 10.0. The maximum atomic E-state index is 12.1. The summed E-state index contributed by atoms with van der Waals surface area (Å²) in [7, 11) is 0. The van der Waals surface area contributed by atoms with Crippen LogP contribution in [0.2, 0.25) is 0 Å². The minimum atomic E-state index is -0.191. The minimum absolute atomic E-state index is 0.00509. The fourth-order valence-electron chi connectivity index (χ4n) is 2.23. The Kier molecular flexibility index (Phi) is 4.19. The number of nitrogens with two attached hydrogens (primary N) is 1. The number of rotatable bonds is 4. The minimum Gasteiger partial charge on any atom is -0.346 e. The molecule has 0 saturated carbocycles. The molecule has 0 saturated heterocycles. The molecule has 19 heavy (non-hydrogen) atoms. The zero-order chi connectivity index (χ0) is 14.0. The highest BCUT2D eigenvalue weighted by atomic mass is 16.2. The lowest BCUT2D eigenvalue weighted by molar-refractivity contribution is -0.125. The van der Waals surface area contributed by atoms with Crippen molar-refractivity contribution in [2.24, 2.45) is 11.7 Å². The van der Waals surface area contributed by atoms with Crippen LogP contribution in [-0.4, -0.2) is 26.7 Å². The predicted molar refractivity (Wildman–Crippen MR) is 72.3 cm³/mol. The normalized spacial score (nSPS) is 21.6. The molecule has 3 atom stereocenters. The molecule has 6 nitrogen and oxygen atoms in total. The number of carbonyl (C=O) groups excluding carboxylic acids is 1. The molecule has 1 amide bonds. The molecule has 1 aliphatic heterocycles. The first-order valence-electron chi connectivity index (χ1n) is 7.02. The summed E-state index contributed by atoms with van der Waals surface area (Å²) >= 11 is 0. The number of aryl methyl sites for hydroxylation is 2. The van der Waals surface area contributed by atoms with Crippen LogP contribution in [0.1, 0.15) is 51.3 Å². The number of hydrogen-bond acceptors (Lipinski definition) is 4. The van der Waals surface area contributed by atoms with Crippen molar-refractivity contribution in [3.8, 4) is 0 Å². The molecule has 1 aromatic rings. The Morgan fingerprint density at radius 3 is 2.95 bits per heavy atom. The molecule has 106 valence electrons. The SMILES string of the molecule is CCc1nc2n(n1)CCCC2NC(=O)C(C)C(C)N. The topological polar surface area (TPSA) is 85.8 Å². The Labute approximate surface area is 113 Å². The monoisotopic (exact) mass is 265 g/mol. The van der Waals surface area contributed by atoms with E-state index in [-0.39, 0.29) is 23.9 Å². The van der Waals surface area contributed by atoms with Crippen molar-refractivity contribution < 1.29 is 4.79 Å². The molecule has 0 radical (unpaired) electrons. The van der Waals surface area contributed by atoms with Crippen LogP contribution in [-0.2, 0) is 17.8 Å². The summed E-state index contributed by atoms with van der Waals surface area (Å²) in [5.41, 5.74) is 5.77. The Bertz CT molecular complexity index is 454. The molecule has 1 aromatic heterocycles. The zero-order valence-electron chi connectivity index (χ0n) is 11.9. The molecule has 6 heteroatoms. The van der Waals surface area contributed by atoms with E-state index >= 15 is 0 Å². The maximum absolute atomic E-state index is 12.1. The van der Waals surface area contributed by atoms with Crippen LogP contribution in [0.3, 0.4) is 0 Å². The van der Waals surface area contributed by atoms with Crippen molar-refractivity contribution in [1.82, 2.24) is 20.1 Å². The van der Waals surface area contributed by atoms with E-state index in [4.69, 9.17) is 5.73 Å². The van der Waals surface area contributed by atoms with E-state index in [1.807, 2.05) is 25.5 Å². The highest BCUT2D eigenvalue weighted by Crippen LogP contribution is 2.23. The Morgan fingerprint density at radius 2 is 2.32 bits per heavy atom. The zero-order valence-corrected chi connectivity index (χ0v) is 11.9. The summed E-state index contributed by atoms with van der Waals surface area (Å²) in [4.78, 5) is 16.6. The first-order valence-corrected chi connectivity index (χ1v) is 7.02. The Hall–Kier alpha value is -1.43. The third kappa shape index (κ3) is 2.94. The quantitative estimate of drug-likeness (QED) is 0.842. The van der Waals surface area contributed by atoms with E-state index in [9.17, 15) is 4.79 Å². The van der Waals surface area contributed by atoms with Gasteiger partial charge in [-0.15, -0.1) is 0 Å². The molecule has 2 heterocycles. The summed E-state index contributed by atoms with van der Waals surface area (Å²) in [5, 5.41) is 7.49. The first-order chi connectivity index (χ1) is 9.02. The van der Waals surface area contributed by atoms with Gasteiger partial charge in [0.05, 0.1) is 6.04 Å². The fraction of sp³-hybridized carbons (Fsp3) is 0.769. The molecule has 0 aromatic carbocycles. The Balaban J connectivity index is 2.11. The molecule has 3 N–H and O–H groups in total. The molecule has 0 fully saturated rings. The van der Waals surface area contributed by atoms with Gasteiger partial charge in [-0.05, 0) is 19.8 Å². The van der Waals surface area contributed by atoms with Gasteiger partial charge in [-0.3, -0.25) is 4.79 Å². The summed E-state index contributed by atoms with van der Waals surface area (Å²) < 4.78 is 1.92. The summed E-state index contributed by atoms with van der Waals surface area (Å²) in [5.74, 6) is 1.53. The van der Waals surface area contributed by atoms with E-state index in [0.29, 0.717) is 0 Å². The van der Waals surface area contributed by atoms with Gasteiger partial charge in [0.1, 0.15) is 5.82 Å². The number of aromatic nitrogens is 3. The summed E-state index contributed by atoms with van der Waals surface area (Å²) in [6, 6.07) is -0.178. The molecular weight excluding hydrogens is 242 g/mol. The van der Waals surface area contributed by atoms with Gasteiger partial charge < -0.3 is 11.1 Å². The van der Waals surface area contributed by atoms with Gasteiger partial charge in [0.2, 0.25) is 5.91 Å². The number of amides is 1. The average molecular weight is 265 g/mol. The van der Waals surface area contributed by atoms with Crippen LogP contribution in [0.5, 0.6) is 0 Å². The van der Waals surface area contributed by atoms with E-state index in [1.54, 1.807) is 0 Å². The molecule has 2 rings (SSSR count). The van der Waals surface area contributed by atoms with Crippen molar-refractivity contribution in [3.05, 3.63) is 11.6 Å². The highest BCUT2D eigenvalue weighted by Gasteiger charge is 2.27. The van der Waals surface area contributed by atoms with Gasteiger partial charge >= 0.3 is 0 Å². The van der Waals surface area contributed by atoms with Crippen molar-refractivity contribution in [2.75, 3.05) is 0 Å². The van der Waals surface area contributed by atoms with E-state index in [1.165, 1.54) is 0 Å².